The van der Waals surface area contributed by atoms with Crippen molar-refractivity contribution in [2.45, 2.75) is 25.3 Å². The lowest BCUT2D eigenvalue weighted by Gasteiger charge is -2.12. The number of amides is 1. The van der Waals surface area contributed by atoms with Crippen molar-refractivity contribution in [2.75, 3.05) is 13.7 Å². The number of hydrogen-bond acceptors (Lipinski definition) is 4. The van der Waals surface area contributed by atoms with Crippen LogP contribution in [0, 0.1) is 6.92 Å². The van der Waals surface area contributed by atoms with Gasteiger partial charge in [0.25, 0.3) is 5.91 Å². The van der Waals surface area contributed by atoms with Gasteiger partial charge in [0.2, 0.25) is 10.0 Å². The van der Waals surface area contributed by atoms with Crippen LogP contribution in [0.5, 0.6) is 5.75 Å². The number of benzene rings is 2. The molecule has 0 aliphatic carbocycles. The first-order valence-corrected chi connectivity index (χ1v) is 9.37. The van der Waals surface area contributed by atoms with Gasteiger partial charge in [-0.1, -0.05) is 29.8 Å². The first kappa shape index (κ1) is 19.0. The minimum absolute atomic E-state index is 0.0159. The fraction of sp³-hybridized carbons (Fsp3) is 0.278. The zero-order valence-corrected chi connectivity index (χ0v) is 15.3. The number of carbonyl (C=O) groups is 1. The molecular formula is C18H22N2O4S. The molecule has 0 radical (unpaired) electrons. The molecule has 0 bridgehead atoms. The highest BCUT2D eigenvalue weighted by molar-refractivity contribution is 7.89. The highest BCUT2D eigenvalue weighted by Gasteiger charge is 2.19. The number of hydrogen-bond donors (Lipinski definition) is 2. The van der Waals surface area contributed by atoms with E-state index in [1.54, 1.807) is 6.92 Å². The molecule has 0 fully saturated rings. The van der Waals surface area contributed by atoms with Gasteiger partial charge in [-0.05, 0) is 37.6 Å². The molecule has 0 unspecified atom stereocenters. The Labute approximate surface area is 148 Å². The topological polar surface area (TPSA) is 84.5 Å². The molecular weight excluding hydrogens is 340 g/mol. The normalized spacial score (nSPS) is 11.2. The number of nitrogens with one attached hydrogen (secondary N) is 2. The maximum Gasteiger partial charge on any atom is 0.255 e. The second-order valence-electron chi connectivity index (χ2n) is 5.54. The molecule has 2 rings (SSSR count). The third-order valence-corrected chi connectivity index (χ3v) is 5.01. The van der Waals surface area contributed by atoms with E-state index in [1.807, 2.05) is 31.2 Å². The lowest BCUT2D eigenvalue weighted by Crippen LogP contribution is -2.26. The lowest BCUT2D eigenvalue weighted by atomic mass is 10.1. The summed E-state index contributed by atoms with van der Waals surface area (Å²) in [7, 11) is -2.32. The lowest BCUT2D eigenvalue weighted by molar-refractivity contribution is 0.0952. The van der Waals surface area contributed by atoms with Crippen molar-refractivity contribution in [1.82, 2.24) is 10.0 Å². The molecule has 25 heavy (non-hydrogen) atoms. The minimum Gasteiger partial charge on any atom is -0.496 e. The van der Waals surface area contributed by atoms with Crippen LogP contribution in [0.3, 0.4) is 0 Å². The zero-order valence-electron chi connectivity index (χ0n) is 14.5. The quantitative estimate of drug-likeness (QED) is 0.791. The van der Waals surface area contributed by atoms with Crippen LogP contribution in [-0.4, -0.2) is 28.0 Å². The summed E-state index contributed by atoms with van der Waals surface area (Å²) < 4.78 is 32.8. The van der Waals surface area contributed by atoms with E-state index in [9.17, 15) is 13.2 Å². The van der Waals surface area contributed by atoms with Gasteiger partial charge in [0.05, 0.1) is 17.6 Å². The van der Waals surface area contributed by atoms with Crippen molar-refractivity contribution < 1.29 is 17.9 Å². The number of ether oxygens (including phenoxy) is 1. The summed E-state index contributed by atoms with van der Waals surface area (Å²) in [5.41, 5.74) is 2.10. The monoisotopic (exact) mass is 362 g/mol. The molecule has 2 aromatic carbocycles. The van der Waals surface area contributed by atoms with E-state index in [1.165, 1.54) is 25.3 Å². The van der Waals surface area contributed by atoms with Crippen molar-refractivity contribution in [3.05, 3.63) is 59.2 Å². The molecule has 0 aliphatic rings. The van der Waals surface area contributed by atoms with Crippen LogP contribution in [0.15, 0.2) is 47.4 Å². The van der Waals surface area contributed by atoms with Crippen LogP contribution in [-0.2, 0) is 16.6 Å². The second-order valence-corrected chi connectivity index (χ2v) is 7.30. The molecule has 0 spiro atoms. The van der Waals surface area contributed by atoms with Crippen LogP contribution in [0.4, 0.5) is 0 Å². The molecule has 2 aromatic rings. The molecule has 0 heterocycles. The fourth-order valence-corrected chi connectivity index (χ4v) is 3.41. The third kappa shape index (κ3) is 4.80. The number of sulfonamides is 1. The summed E-state index contributed by atoms with van der Waals surface area (Å²) in [5, 5.41) is 2.65. The summed E-state index contributed by atoms with van der Waals surface area (Å²) in [4.78, 5) is 12.1. The Kier molecular flexibility index (Phi) is 6.17. The van der Waals surface area contributed by atoms with Gasteiger partial charge in [0.1, 0.15) is 5.75 Å². The van der Waals surface area contributed by atoms with Crippen molar-refractivity contribution in [1.29, 1.82) is 0 Å². The highest BCUT2D eigenvalue weighted by atomic mass is 32.2. The number of methoxy groups -OCH3 is 1. The maximum atomic E-state index is 12.5. The van der Waals surface area contributed by atoms with Gasteiger partial charge in [0.15, 0.2) is 0 Å². The van der Waals surface area contributed by atoms with Crippen molar-refractivity contribution in [3.8, 4) is 5.75 Å². The van der Waals surface area contributed by atoms with Crippen LogP contribution < -0.4 is 14.8 Å². The molecule has 0 aromatic heterocycles. The van der Waals surface area contributed by atoms with Crippen molar-refractivity contribution >= 4 is 15.9 Å². The molecule has 134 valence electrons. The molecule has 1 amide bonds. The van der Waals surface area contributed by atoms with Crippen molar-refractivity contribution in [3.63, 3.8) is 0 Å². The molecule has 0 saturated heterocycles. The van der Waals surface area contributed by atoms with E-state index in [4.69, 9.17) is 4.74 Å². The van der Waals surface area contributed by atoms with Gasteiger partial charge in [-0.2, -0.15) is 0 Å². The summed E-state index contributed by atoms with van der Waals surface area (Å²) in [6, 6.07) is 11.8. The van der Waals surface area contributed by atoms with Gasteiger partial charge >= 0.3 is 0 Å². The predicted molar refractivity (Wildman–Crippen MR) is 96.2 cm³/mol. The number of aryl methyl sites for hydroxylation is 1. The Hall–Kier alpha value is -2.38. The van der Waals surface area contributed by atoms with Crippen LogP contribution in [0.25, 0.3) is 0 Å². The maximum absolute atomic E-state index is 12.5. The van der Waals surface area contributed by atoms with Gasteiger partial charge in [-0.15, -0.1) is 0 Å². The Bertz CT molecular complexity index is 863. The molecule has 0 atom stereocenters. The summed E-state index contributed by atoms with van der Waals surface area (Å²) in [6.07, 6.45) is 0. The second kappa shape index (κ2) is 8.13. The molecule has 6 nitrogen and oxygen atoms in total. The van der Waals surface area contributed by atoms with E-state index in [0.29, 0.717) is 12.3 Å². The van der Waals surface area contributed by atoms with Gasteiger partial charge in [-0.25, -0.2) is 13.1 Å². The molecule has 0 aliphatic heterocycles. The van der Waals surface area contributed by atoms with E-state index in [0.717, 1.165) is 11.1 Å². The summed E-state index contributed by atoms with van der Waals surface area (Å²) in [6.45, 7) is 4.34. The van der Waals surface area contributed by atoms with E-state index >= 15 is 0 Å². The zero-order chi connectivity index (χ0) is 18.4. The number of carbonyl (C=O) groups excluding carboxylic acids is 1. The smallest absolute Gasteiger partial charge is 0.255 e. The molecule has 7 heteroatoms. The average Bonchev–Trinajstić information content (AvgIpc) is 2.60. The van der Waals surface area contributed by atoms with Crippen molar-refractivity contribution in [2.24, 2.45) is 0 Å². The SMILES string of the molecule is CCNC(=O)c1cc(S(=O)(=O)NCc2cccc(C)c2)ccc1OC. The Morgan fingerprint density at radius 1 is 1.16 bits per heavy atom. The fourth-order valence-electron chi connectivity index (χ4n) is 2.37. The largest absolute Gasteiger partial charge is 0.496 e. The molecule has 0 saturated carbocycles. The van der Waals surface area contributed by atoms with E-state index in [-0.39, 0.29) is 22.9 Å². The van der Waals surface area contributed by atoms with Crippen LogP contribution in [0.2, 0.25) is 0 Å². The van der Waals surface area contributed by atoms with E-state index in [2.05, 4.69) is 10.0 Å². The van der Waals surface area contributed by atoms with Crippen LogP contribution in [0.1, 0.15) is 28.4 Å². The Morgan fingerprint density at radius 2 is 1.92 bits per heavy atom. The minimum atomic E-state index is -3.75. The predicted octanol–water partition coefficient (Wildman–Crippen LogP) is 2.23. The first-order valence-electron chi connectivity index (χ1n) is 7.89. The van der Waals surface area contributed by atoms with Gasteiger partial charge in [-0.3, -0.25) is 4.79 Å². The number of rotatable bonds is 7. The standard InChI is InChI=1S/C18H22N2O4S/c1-4-19-18(21)16-11-15(8-9-17(16)24-3)25(22,23)20-12-14-7-5-6-13(2)10-14/h5-11,20H,4,12H2,1-3H3,(H,19,21). The Morgan fingerprint density at radius 3 is 2.56 bits per heavy atom. The highest BCUT2D eigenvalue weighted by Crippen LogP contribution is 2.22. The van der Waals surface area contributed by atoms with E-state index < -0.39 is 10.0 Å². The summed E-state index contributed by atoms with van der Waals surface area (Å²) >= 11 is 0. The van der Waals surface area contributed by atoms with Crippen LogP contribution >= 0.6 is 0 Å². The summed E-state index contributed by atoms with van der Waals surface area (Å²) in [5.74, 6) is -0.0568. The molecule has 2 N–H and O–H groups in total. The average molecular weight is 362 g/mol. The first-order chi connectivity index (χ1) is 11.9. The van der Waals surface area contributed by atoms with Gasteiger partial charge < -0.3 is 10.1 Å². The Balaban J connectivity index is 2.26. The third-order valence-electron chi connectivity index (χ3n) is 3.61. The van der Waals surface area contributed by atoms with Gasteiger partial charge in [0, 0.05) is 13.1 Å².